The summed E-state index contributed by atoms with van der Waals surface area (Å²) >= 11 is 0. The number of nitrogens with zero attached hydrogens (tertiary/aromatic N) is 2. The second-order valence-corrected chi connectivity index (χ2v) is 3.29. The fourth-order valence-electron chi connectivity index (χ4n) is 1.47. The van der Waals surface area contributed by atoms with Crippen molar-refractivity contribution >= 4 is 0 Å². The number of hydrogen-bond acceptors (Lipinski definition) is 3. The summed E-state index contributed by atoms with van der Waals surface area (Å²) in [4.78, 5) is 8.30. The number of hydrogen-bond donors (Lipinski definition) is 0. The largest absolute Gasteiger partial charge is 0.481 e. The van der Waals surface area contributed by atoms with Gasteiger partial charge in [0.05, 0.1) is 7.11 Å². The molecule has 0 aliphatic rings. The third kappa shape index (κ3) is 1.96. The minimum absolute atomic E-state index is 0.669. The normalized spacial score (nSPS) is 10.0. The zero-order valence-corrected chi connectivity index (χ0v) is 8.77. The van der Waals surface area contributed by atoms with E-state index < -0.39 is 0 Å². The van der Waals surface area contributed by atoms with Crippen LogP contribution in [-0.2, 0) is 0 Å². The van der Waals surface area contributed by atoms with Gasteiger partial charge in [-0.15, -0.1) is 0 Å². The highest BCUT2D eigenvalue weighted by Gasteiger charge is 2.02. The van der Waals surface area contributed by atoms with Crippen molar-refractivity contribution < 1.29 is 4.74 Å². The third-order valence-corrected chi connectivity index (χ3v) is 2.22. The maximum atomic E-state index is 5.11. The maximum Gasteiger partial charge on any atom is 0.215 e. The molecule has 0 bridgehead atoms. The smallest absolute Gasteiger partial charge is 0.215 e. The zero-order valence-electron chi connectivity index (χ0n) is 8.77. The molecule has 2 aromatic rings. The van der Waals surface area contributed by atoms with Crippen LogP contribution >= 0.6 is 0 Å². The molecule has 0 aromatic carbocycles. The van der Waals surface area contributed by atoms with Gasteiger partial charge >= 0.3 is 0 Å². The van der Waals surface area contributed by atoms with Crippen LogP contribution in [0.15, 0.2) is 36.8 Å². The molecule has 0 radical (unpaired) electrons. The van der Waals surface area contributed by atoms with E-state index in [4.69, 9.17) is 4.74 Å². The van der Waals surface area contributed by atoms with Gasteiger partial charge in [-0.2, -0.15) is 0 Å². The first-order chi connectivity index (χ1) is 7.31. The van der Waals surface area contributed by atoms with Crippen LogP contribution in [0.4, 0.5) is 0 Å². The van der Waals surface area contributed by atoms with Gasteiger partial charge in [0.1, 0.15) is 0 Å². The predicted molar refractivity (Wildman–Crippen MR) is 58.8 cm³/mol. The van der Waals surface area contributed by atoms with E-state index in [0.717, 1.165) is 16.7 Å². The van der Waals surface area contributed by atoms with Crippen LogP contribution in [0.3, 0.4) is 0 Å². The van der Waals surface area contributed by atoms with E-state index in [1.807, 2.05) is 31.3 Å². The van der Waals surface area contributed by atoms with Gasteiger partial charge in [0.15, 0.2) is 0 Å². The number of ether oxygens (including phenoxy) is 1. The number of rotatable bonds is 2. The number of aryl methyl sites for hydroxylation is 1. The van der Waals surface area contributed by atoms with E-state index in [1.54, 1.807) is 19.5 Å². The fraction of sp³-hybridized carbons (Fsp3) is 0.167. The van der Waals surface area contributed by atoms with Crippen molar-refractivity contribution in [2.75, 3.05) is 7.11 Å². The Morgan fingerprint density at radius 1 is 1.20 bits per heavy atom. The number of methoxy groups -OCH3 is 1. The van der Waals surface area contributed by atoms with Crippen molar-refractivity contribution in [3.05, 3.63) is 42.4 Å². The van der Waals surface area contributed by atoms with Crippen LogP contribution in [0.2, 0.25) is 0 Å². The molecule has 3 heteroatoms. The van der Waals surface area contributed by atoms with Crippen molar-refractivity contribution in [2.45, 2.75) is 6.92 Å². The molecule has 0 aliphatic heterocycles. The lowest BCUT2D eigenvalue weighted by Crippen LogP contribution is -1.91. The van der Waals surface area contributed by atoms with Gasteiger partial charge in [-0.05, 0) is 19.1 Å². The first-order valence-corrected chi connectivity index (χ1v) is 4.72. The summed E-state index contributed by atoms with van der Waals surface area (Å²) in [5.74, 6) is 0.669. The predicted octanol–water partition coefficient (Wildman–Crippen LogP) is 2.46. The monoisotopic (exact) mass is 200 g/mol. The quantitative estimate of drug-likeness (QED) is 0.747. The molecular weight excluding hydrogens is 188 g/mol. The van der Waals surface area contributed by atoms with Gasteiger partial charge in [0.2, 0.25) is 5.88 Å². The molecule has 76 valence electrons. The van der Waals surface area contributed by atoms with Gasteiger partial charge < -0.3 is 4.74 Å². The highest BCUT2D eigenvalue weighted by atomic mass is 16.5. The van der Waals surface area contributed by atoms with E-state index in [2.05, 4.69) is 9.97 Å². The maximum absolute atomic E-state index is 5.11. The first-order valence-electron chi connectivity index (χ1n) is 4.72. The van der Waals surface area contributed by atoms with Crippen molar-refractivity contribution in [1.82, 2.24) is 9.97 Å². The molecule has 0 unspecified atom stereocenters. The summed E-state index contributed by atoms with van der Waals surface area (Å²) in [5, 5.41) is 0. The Morgan fingerprint density at radius 2 is 2.07 bits per heavy atom. The van der Waals surface area contributed by atoms with Crippen LogP contribution in [0, 0.1) is 6.92 Å². The second kappa shape index (κ2) is 4.09. The number of pyridine rings is 2. The van der Waals surface area contributed by atoms with Crippen molar-refractivity contribution in [2.24, 2.45) is 0 Å². The van der Waals surface area contributed by atoms with Crippen molar-refractivity contribution in [3.63, 3.8) is 0 Å². The standard InChI is InChI=1S/C12H12N2O/c1-9-6-11(8-14-12(9)15-2)10-4-3-5-13-7-10/h3-8H,1-2H3. The molecule has 3 nitrogen and oxygen atoms in total. The van der Waals surface area contributed by atoms with Gasteiger partial charge in [-0.3, -0.25) is 4.98 Å². The fourth-order valence-corrected chi connectivity index (χ4v) is 1.47. The molecule has 0 aliphatic carbocycles. The average molecular weight is 200 g/mol. The summed E-state index contributed by atoms with van der Waals surface area (Å²) in [6, 6.07) is 5.97. The summed E-state index contributed by atoms with van der Waals surface area (Å²) < 4.78 is 5.11. The highest BCUT2D eigenvalue weighted by molar-refractivity contribution is 5.62. The summed E-state index contributed by atoms with van der Waals surface area (Å²) in [5.41, 5.74) is 3.15. The molecular formula is C12H12N2O. The van der Waals surface area contributed by atoms with Crippen molar-refractivity contribution in [1.29, 1.82) is 0 Å². The first kappa shape index (κ1) is 9.65. The molecule has 0 saturated heterocycles. The molecule has 0 atom stereocenters. The summed E-state index contributed by atoms with van der Waals surface area (Å²) in [6.45, 7) is 1.98. The lowest BCUT2D eigenvalue weighted by Gasteiger charge is -2.05. The Labute approximate surface area is 88.8 Å². The molecule has 2 rings (SSSR count). The second-order valence-electron chi connectivity index (χ2n) is 3.29. The third-order valence-electron chi connectivity index (χ3n) is 2.22. The molecule has 0 N–H and O–H groups in total. The lowest BCUT2D eigenvalue weighted by atomic mass is 10.1. The zero-order chi connectivity index (χ0) is 10.7. The Hall–Kier alpha value is -1.90. The van der Waals surface area contributed by atoms with E-state index >= 15 is 0 Å². The molecule has 15 heavy (non-hydrogen) atoms. The molecule has 0 fully saturated rings. The molecule has 2 heterocycles. The van der Waals surface area contributed by atoms with E-state index in [1.165, 1.54) is 0 Å². The Bertz CT molecular complexity index is 454. The summed E-state index contributed by atoms with van der Waals surface area (Å²) in [6.07, 6.45) is 5.37. The number of aromatic nitrogens is 2. The Balaban J connectivity index is 2.43. The molecule has 0 saturated carbocycles. The average Bonchev–Trinajstić information content (AvgIpc) is 2.30. The molecule has 2 aromatic heterocycles. The van der Waals surface area contributed by atoms with E-state index in [0.29, 0.717) is 5.88 Å². The highest BCUT2D eigenvalue weighted by Crippen LogP contribution is 2.22. The minimum Gasteiger partial charge on any atom is -0.481 e. The van der Waals surface area contributed by atoms with Gasteiger partial charge in [0, 0.05) is 35.3 Å². The molecule has 0 spiro atoms. The van der Waals surface area contributed by atoms with Crippen molar-refractivity contribution in [3.8, 4) is 17.0 Å². The van der Waals surface area contributed by atoms with Crippen LogP contribution < -0.4 is 4.74 Å². The van der Waals surface area contributed by atoms with Gasteiger partial charge in [0.25, 0.3) is 0 Å². The lowest BCUT2D eigenvalue weighted by molar-refractivity contribution is 0.394. The van der Waals surface area contributed by atoms with Gasteiger partial charge in [-0.1, -0.05) is 6.07 Å². The van der Waals surface area contributed by atoms with Crippen LogP contribution in [0.1, 0.15) is 5.56 Å². The van der Waals surface area contributed by atoms with Gasteiger partial charge in [-0.25, -0.2) is 4.98 Å². The van der Waals surface area contributed by atoms with Crippen LogP contribution in [0.25, 0.3) is 11.1 Å². The van der Waals surface area contributed by atoms with E-state index in [9.17, 15) is 0 Å². The van der Waals surface area contributed by atoms with E-state index in [-0.39, 0.29) is 0 Å². The van der Waals surface area contributed by atoms with Crippen LogP contribution in [0.5, 0.6) is 5.88 Å². The summed E-state index contributed by atoms with van der Waals surface area (Å²) in [7, 11) is 1.62. The SMILES string of the molecule is COc1ncc(-c2cccnc2)cc1C. The van der Waals surface area contributed by atoms with Crippen LogP contribution in [-0.4, -0.2) is 17.1 Å². The topological polar surface area (TPSA) is 35.0 Å². The molecule has 0 amide bonds. The Kier molecular flexibility index (Phi) is 2.63. The minimum atomic E-state index is 0.669. The Morgan fingerprint density at radius 3 is 2.67 bits per heavy atom.